The second-order valence-corrected chi connectivity index (χ2v) is 19.2. The minimum absolute atomic E-state index is 0.0444. The molecule has 364 valence electrons. The zero-order chi connectivity index (χ0) is 47.8. The first kappa shape index (κ1) is 48.4. The normalized spacial score (nSPS) is 20.2. The summed E-state index contributed by atoms with van der Waals surface area (Å²) in [6.07, 6.45) is 7.13. The predicted molar refractivity (Wildman–Crippen MR) is 249 cm³/mol. The molecule has 68 heavy (non-hydrogen) atoms. The number of hydrogen-bond acceptors (Lipinski definition) is 15. The number of unbranched alkanes of at least 4 members (excludes halogenated alkanes) is 1. The average molecular weight is 958 g/mol. The number of benzene rings is 2. The maximum Gasteiger partial charge on any atom is 0.317 e. The highest BCUT2D eigenvalue weighted by Gasteiger charge is 2.45. The highest BCUT2D eigenvalue weighted by molar-refractivity contribution is 7.89. The van der Waals surface area contributed by atoms with Gasteiger partial charge < -0.3 is 35.4 Å². The standard InChI is InChI=1S/C46H59N11O10S/c1-2-3-18-48-45-50-29-35-40(53-57(41(35)52-45)31-10-12-32(58)13-11-31)30-8-14-33(15-9-30)68(64,65)55-23-21-54(22-24-55)46(63)49-20-28-67-26-5-25-66-27-19-47-36-7-4-6-34-39(36)44(62)56(43(34)61)37-16-17-38(59)51-42(37)60/h4,6-9,14-15,29,31-32,37,47,58H,2-3,5,10-13,16-28H2,1H3,(H,49,63)(H,48,50,52)(H,51,59,60). The van der Waals surface area contributed by atoms with Gasteiger partial charge in [-0.15, -0.1) is 0 Å². The SMILES string of the molecule is CCCCNc1ncc2c(-c3ccc(S(=O)(=O)N4CCN(C(=O)NCCOCCCOCCNc5cccc6c5C(=O)N(C5CCC(=O)NC5=O)C6=O)CC4)cc3)nn(C3CCC(O)CC3)c2n1. The lowest BCUT2D eigenvalue weighted by Gasteiger charge is -2.34. The Morgan fingerprint density at radius 3 is 2.31 bits per heavy atom. The van der Waals surface area contributed by atoms with Crippen LogP contribution in [0.25, 0.3) is 22.3 Å². The predicted octanol–water partition coefficient (Wildman–Crippen LogP) is 3.13. The summed E-state index contributed by atoms with van der Waals surface area (Å²) >= 11 is 0. The third kappa shape index (κ3) is 10.8. The second-order valence-electron chi connectivity index (χ2n) is 17.3. The summed E-state index contributed by atoms with van der Waals surface area (Å²) in [6.45, 7) is 5.67. The van der Waals surface area contributed by atoms with Crippen LogP contribution in [-0.4, -0.2) is 161 Å². The highest BCUT2D eigenvalue weighted by atomic mass is 32.2. The van der Waals surface area contributed by atoms with Crippen LogP contribution in [0.3, 0.4) is 0 Å². The first-order chi connectivity index (χ1) is 32.9. The highest BCUT2D eigenvalue weighted by Crippen LogP contribution is 2.36. The molecule has 0 radical (unpaired) electrons. The monoisotopic (exact) mass is 957 g/mol. The Bertz CT molecular complexity index is 2590. The van der Waals surface area contributed by atoms with Crippen molar-refractivity contribution in [1.29, 1.82) is 0 Å². The van der Waals surface area contributed by atoms with E-state index in [1.54, 1.807) is 47.5 Å². The molecule has 5 N–H and O–H groups in total. The Hall–Kier alpha value is -6.07. The zero-order valence-electron chi connectivity index (χ0n) is 38.2. The van der Waals surface area contributed by atoms with Gasteiger partial charge in [0.25, 0.3) is 11.8 Å². The number of imide groups is 2. The topological polar surface area (TPSA) is 260 Å². The number of aliphatic hydroxyl groups is 1. The fraction of sp³-hybridized carbons (Fsp3) is 0.522. The number of anilines is 2. The van der Waals surface area contributed by atoms with E-state index in [2.05, 4.69) is 33.2 Å². The Morgan fingerprint density at radius 1 is 0.853 bits per heavy atom. The van der Waals surface area contributed by atoms with Crippen molar-refractivity contribution in [1.82, 2.24) is 44.5 Å². The summed E-state index contributed by atoms with van der Waals surface area (Å²) in [4.78, 5) is 75.3. The summed E-state index contributed by atoms with van der Waals surface area (Å²) in [6, 6.07) is 10.3. The lowest BCUT2D eigenvalue weighted by Crippen LogP contribution is -2.54. The van der Waals surface area contributed by atoms with Gasteiger partial charge in [-0.3, -0.25) is 29.4 Å². The Kier molecular flexibility index (Phi) is 15.6. The fourth-order valence-corrected chi connectivity index (χ4v) is 10.4. The van der Waals surface area contributed by atoms with Gasteiger partial charge in [-0.05, 0) is 69.2 Å². The van der Waals surface area contributed by atoms with Gasteiger partial charge in [0, 0.05) is 82.9 Å². The summed E-state index contributed by atoms with van der Waals surface area (Å²) in [5, 5.41) is 27.4. The first-order valence-electron chi connectivity index (χ1n) is 23.5. The Labute approximate surface area is 394 Å². The van der Waals surface area contributed by atoms with Gasteiger partial charge in [0.05, 0.1) is 46.8 Å². The van der Waals surface area contributed by atoms with Gasteiger partial charge in [0.15, 0.2) is 5.65 Å². The lowest BCUT2D eigenvalue weighted by molar-refractivity contribution is -0.136. The molecule has 2 aromatic heterocycles. The molecular weight excluding hydrogens is 899 g/mol. The van der Waals surface area contributed by atoms with Crippen LogP contribution in [0.4, 0.5) is 16.4 Å². The molecule has 3 fully saturated rings. The number of fused-ring (bicyclic) bond motifs is 2. The van der Waals surface area contributed by atoms with E-state index in [1.165, 1.54) is 10.4 Å². The van der Waals surface area contributed by atoms with Gasteiger partial charge in [-0.2, -0.15) is 14.4 Å². The molecule has 1 unspecified atom stereocenters. The van der Waals surface area contributed by atoms with E-state index in [9.17, 15) is 37.5 Å². The van der Waals surface area contributed by atoms with Gasteiger partial charge in [-0.25, -0.2) is 22.9 Å². The summed E-state index contributed by atoms with van der Waals surface area (Å²) < 4.78 is 42.2. The third-order valence-electron chi connectivity index (χ3n) is 12.7. The summed E-state index contributed by atoms with van der Waals surface area (Å²) in [5.41, 5.74) is 2.93. The number of hydrogen-bond donors (Lipinski definition) is 5. The Balaban J connectivity index is 0.729. The molecule has 0 bridgehead atoms. The van der Waals surface area contributed by atoms with Crippen molar-refractivity contribution in [2.45, 2.75) is 87.8 Å². The van der Waals surface area contributed by atoms with Crippen molar-refractivity contribution in [2.24, 2.45) is 0 Å². The van der Waals surface area contributed by atoms with Crippen LogP contribution in [0.15, 0.2) is 53.6 Å². The number of ether oxygens (including phenoxy) is 2. The van der Waals surface area contributed by atoms with Crippen LogP contribution in [0.5, 0.6) is 0 Å². The van der Waals surface area contributed by atoms with Gasteiger partial charge in [0.1, 0.15) is 11.7 Å². The molecule has 4 aromatic rings. The molecule has 8 rings (SSSR count). The fourth-order valence-electron chi connectivity index (χ4n) is 8.95. The number of urea groups is 1. The number of rotatable bonds is 20. The maximum absolute atomic E-state index is 13.7. The van der Waals surface area contributed by atoms with Gasteiger partial charge in [0.2, 0.25) is 27.8 Å². The van der Waals surface area contributed by atoms with Crippen LogP contribution in [0.2, 0.25) is 0 Å². The second kappa shape index (κ2) is 21.9. The number of carbonyl (C=O) groups excluding carboxylic acids is 5. The van der Waals surface area contributed by atoms with Crippen LogP contribution < -0.4 is 21.3 Å². The molecule has 22 heteroatoms. The Morgan fingerprint density at radius 2 is 1.59 bits per heavy atom. The van der Waals surface area contributed by atoms with Crippen molar-refractivity contribution in [3.8, 4) is 11.3 Å². The van der Waals surface area contributed by atoms with Crippen molar-refractivity contribution in [3.05, 3.63) is 59.8 Å². The maximum atomic E-state index is 13.7. The quantitative estimate of drug-likeness (QED) is 0.0630. The van der Waals surface area contributed by atoms with E-state index in [-0.39, 0.29) is 86.4 Å². The molecule has 5 heterocycles. The van der Waals surface area contributed by atoms with Crippen molar-refractivity contribution < 1.29 is 47.0 Å². The minimum atomic E-state index is -3.84. The molecule has 2 saturated heterocycles. The molecule has 1 aliphatic carbocycles. The number of aliphatic hydroxyl groups excluding tert-OH is 1. The molecule has 21 nitrogen and oxygen atoms in total. The number of aromatic nitrogens is 4. The number of amides is 6. The van der Waals surface area contributed by atoms with E-state index >= 15 is 0 Å². The molecule has 1 atom stereocenters. The van der Waals surface area contributed by atoms with Crippen molar-refractivity contribution in [2.75, 3.05) is 82.9 Å². The van der Waals surface area contributed by atoms with Crippen LogP contribution in [-0.2, 0) is 29.1 Å². The lowest BCUT2D eigenvalue weighted by atomic mass is 9.93. The van der Waals surface area contributed by atoms with E-state index in [0.29, 0.717) is 68.6 Å². The van der Waals surface area contributed by atoms with Gasteiger partial charge in [-0.1, -0.05) is 31.5 Å². The number of piperidine rings is 1. The number of nitrogens with zero attached hydrogens (tertiary/aromatic N) is 7. The number of nitrogens with one attached hydrogen (secondary N) is 4. The van der Waals surface area contributed by atoms with Gasteiger partial charge >= 0.3 is 6.03 Å². The largest absolute Gasteiger partial charge is 0.393 e. The van der Waals surface area contributed by atoms with Crippen LogP contribution in [0, 0.1) is 0 Å². The third-order valence-corrected chi connectivity index (χ3v) is 14.6. The molecule has 2 aromatic carbocycles. The molecule has 0 spiro atoms. The molecule has 1 saturated carbocycles. The minimum Gasteiger partial charge on any atom is -0.393 e. The average Bonchev–Trinajstić information content (AvgIpc) is 3.84. The zero-order valence-corrected chi connectivity index (χ0v) is 39.0. The smallest absolute Gasteiger partial charge is 0.317 e. The molecule has 4 aliphatic rings. The molecular formula is C46H59N11O10S. The van der Waals surface area contributed by atoms with E-state index < -0.39 is 39.7 Å². The van der Waals surface area contributed by atoms with E-state index in [4.69, 9.17) is 19.6 Å². The number of piperazine rings is 1. The van der Waals surface area contributed by atoms with Crippen LogP contribution in [0.1, 0.15) is 91.5 Å². The van der Waals surface area contributed by atoms with Crippen molar-refractivity contribution in [3.63, 3.8) is 0 Å². The summed E-state index contributed by atoms with van der Waals surface area (Å²) in [7, 11) is -3.84. The molecule has 6 amide bonds. The number of sulfonamides is 1. The summed E-state index contributed by atoms with van der Waals surface area (Å²) in [5.74, 6) is -1.72. The molecule has 3 aliphatic heterocycles. The van der Waals surface area contributed by atoms with E-state index in [0.717, 1.165) is 48.1 Å². The van der Waals surface area contributed by atoms with Crippen molar-refractivity contribution >= 4 is 62.4 Å². The number of carbonyl (C=O) groups is 5. The first-order valence-corrected chi connectivity index (χ1v) is 24.9. The van der Waals surface area contributed by atoms with Crippen LogP contribution >= 0.6 is 0 Å². The van der Waals surface area contributed by atoms with E-state index in [1.807, 2.05) is 4.68 Å².